The largest absolute Gasteiger partial charge is 0.351 e. The summed E-state index contributed by atoms with van der Waals surface area (Å²) in [6.45, 7) is 1.84. The van der Waals surface area contributed by atoms with Gasteiger partial charge in [-0.1, -0.05) is 19.8 Å². The average molecular weight is 167 g/mol. The highest BCUT2D eigenvalue weighted by Gasteiger charge is 2.27. The van der Waals surface area contributed by atoms with E-state index in [2.05, 4.69) is 4.74 Å². The van der Waals surface area contributed by atoms with E-state index in [0.717, 1.165) is 12.8 Å². The van der Waals surface area contributed by atoms with Crippen molar-refractivity contribution in [3.05, 3.63) is 0 Å². The highest BCUT2D eigenvalue weighted by atomic mass is 16.5. The van der Waals surface area contributed by atoms with E-state index in [9.17, 15) is 4.79 Å². The van der Waals surface area contributed by atoms with E-state index >= 15 is 0 Å². The first kappa shape index (κ1) is 9.05. The van der Waals surface area contributed by atoms with Crippen molar-refractivity contribution in [1.82, 2.24) is 0 Å². The average Bonchev–Trinajstić information content (AvgIpc) is 2.55. The Morgan fingerprint density at radius 3 is 2.67 bits per heavy atom. The lowest BCUT2D eigenvalue weighted by Crippen LogP contribution is -2.19. The maximum absolute atomic E-state index is 11.1. The SMILES string of the molecule is C[C@H](C(=O)OC#N)C1CCCC1. The lowest BCUT2D eigenvalue weighted by Gasteiger charge is -2.14. The normalized spacial score (nSPS) is 20.0. The molecule has 0 unspecified atom stereocenters. The zero-order chi connectivity index (χ0) is 8.97. The summed E-state index contributed by atoms with van der Waals surface area (Å²) < 4.78 is 4.28. The van der Waals surface area contributed by atoms with E-state index in [1.54, 1.807) is 0 Å². The number of carbonyl (C=O) groups excluding carboxylic acids is 1. The van der Waals surface area contributed by atoms with Gasteiger partial charge in [-0.05, 0) is 18.8 Å². The van der Waals surface area contributed by atoms with Gasteiger partial charge in [-0.3, -0.25) is 4.79 Å². The summed E-state index contributed by atoms with van der Waals surface area (Å²) >= 11 is 0. The van der Waals surface area contributed by atoms with Crippen LogP contribution in [0, 0.1) is 23.4 Å². The maximum Gasteiger partial charge on any atom is 0.324 e. The molecule has 3 heteroatoms. The van der Waals surface area contributed by atoms with Crippen molar-refractivity contribution in [3.63, 3.8) is 0 Å². The molecule has 0 spiro atoms. The second kappa shape index (κ2) is 4.10. The van der Waals surface area contributed by atoms with E-state index in [-0.39, 0.29) is 11.9 Å². The number of nitriles is 1. The van der Waals surface area contributed by atoms with Gasteiger partial charge >= 0.3 is 5.97 Å². The topological polar surface area (TPSA) is 50.1 Å². The Labute approximate surface area is 72.3 Å². The monoisotopic (exact) mass is 167 g/mol. The number of carbonyl (C=O) groups is 1. The summed E-state index contributed by atoms with van der Waals surface area (Å²) in [6.07, 6.45) is 6.03. The second-order valence-electron chi connectivity index (χ2n) is 3.35. The lowest BCUT2D eigenvalue weighted by atomic mass is 9.93. The van der Waals surface area contributed by atoms with Crippen LogP contribution >= 0.6 is 0 Å². The van der Waals surface area contributed by atoms with Gasteiger partial charge < -0.3 is 4.74 Å². The summed E-state index contributed by atoms with van der Waals surface area (Å²) in [4.78, 5) is 11.1. The van der Waals surface area contributed by atoms with Crippen LogP contribution in [-0.4, -0.2) is 5.97 Å². The van der Waals surface area contributed by atoms with E-state index in [1.165, 1.54) is 19.1 Å². The smallest absolute Gasteiger partial charge is 0.324 e. The van der Waals surface area contributed by atoms with Gasteiger partial charge in [-0.15, -0.1) is 5.26 Å². The third-order valence-corrected chi connectivity index (χ3v) is 2.62. The first-order valence-corrected chi connectivity index (χ1v) is 4.35. The molecule has 0 aromatic carbocycles. The molecule has 0 aliphatic heterocycles. The van der Waals surface area contributed by atoms with E-state index in [4.69, 9.17) is 5.26 Å². The maximum atomic E-state index is 11.1. The van der Waals surface area contributed by atoms with E-state index in [1.807, 2.05) is 6.92 Å². The fourth-order valence-electron chi connectivity index (χ4n) is 1.79. The molecule has 1 aliphatic carbocycles. The van der Waals surface area contributed by atoms with Crippen LogP contribution in [0.25, 0.3) is 0 Å². The molecule has 0 aromatic rings. The van der Waals surface area contributed by atoms with Gasteiger partial charge in [-0.2, -0.15) is 0 Å². The summed E-state index contributed by atoms with van der Waals surface area (Å²) in [5.74, 6) is -0.0394. The van der Waals surface area contributed by atoms with Crippen molar-refractivity contribution in [1.29, 1.82) is 5.26 Å². The van der Waals surface area contributed by atoms with Crippen molar-refractivity contribution in [2.45, 2.75) is 32.6 Å². The minimum absolute atomic E-state index is 0.104. The van der Waals surface area contributed by atoms with Gasteiger partial charge in [0.2, 0.25) is 0 Å². The van der Waals surface area contributed by atoms with Crippen molar-refractivity contribution in [3.8, 4) is 6.26 Å². The van der Waals surface area contributed by atoms with Gasteiger partial charge in [0.05, 0.1) is 5.92 Å². The van der Waals surface area contributed by atoms with Crippen molar-refractivity contribution >= 4 is 5.97 Å². The molecule has 0 N–H and O–H groups in total. The van der Waals surface area contributed by atoms with Crippen LogP contribution in [0.5, 0.6) is 0 Å². The first-order valence-electron chi connectivity index (χ1n) is 4.35. The number of hydrogen-bond donors (Lipinski definition) is 0. The molecule has 3 nitrogen and oxygen atoms in total. The van der Waals surface area contributed by atoms with Crippen LogP contribution in [0.15, 0.2) is 0 Å². The van der Waals surface area contributed by atoms with Crippen LogP contribution in [0.1, 0.15) is 32.6 Å². The second-order valence-corrected chi connectivity index (χ2v) is 3.35. The Hall–Kier alpha value is -1.04. The molecular weight excluding hydrogens is 154 g/mol. The molecule has 1 atom stereocenters. The molecule has 12 heavy (non-hydrogen) atoms. The third kappa shape index (κ3) is 1.97. The quantitative estimate of drug-likeness (QED) is 0.465. The molecule has 0 amide bonds. The molecule has 1 aliphatic rings. The molecule has 66 valence electrons. The first-order chi connectivity index (χ1) is 5.75. The van der Waals surface area contributed by atoms with Crippen molar-refractivity contribution in [2.75, 3.05) is 0 Å². The molecule has 1 saturated carbocycles. The van der Waals surface area contributed by atoms with Crippen LogP contribution in [-0.2, 0) is 9.53 Å². The zero-order valence-electron chi connectivity index (χ0n) is 7.25. The predicted octanol–water partition coefficient (Wildman–Crippen LogP) is 1.84. The van der Waals surface area contributed by atoms with Crippen LogP contribution < -0.4 is 0 Å². The van der Waals surface area contributed by atoms with Crippen molar-refractivity contribution in [2.24, 2.45) is 11.8 Å². The molecule has 1 rings (SSSR count). The Bertz CT molecular complexity index is 201. The fraction of sp³-hybridized carbons (Fsp3) is 0.778. The van der Waals surface area contributed by atoms with Gasteiger partial charge in [0.25, 0.3) is 6.26 Å². The Balaban J connectivity index is 2.40. The molecular formula is C9H13NO2. The Morgan fingerprint density at radius 1 is 1.58 bits per heavy atom. The summed E-state index contributed by atoms with van der Waals surface area (Å²) in [6, 6.07) is 0. The van der Waals surface area contributed by atoms with Gasteiger partial charge in [0.15, 0.2) is 0 Å². The Kier molecular flexibility index (Phi) is 3.09. The van der Waals surface area contributed by atoms with Gasteiger partial charge in [0.1, 0.15) is 0 Å². The number of hydrogen-bond acceptors (Lipinski definition) is 3. The summed E-state index contributed by atoms with van der Waals surface area (Å²) in [7, 11) is 0. The van der Waals surface area contributed by atoms with Crippen LogP contribution in [0.4, 0.5) is 0 Å². The molecule has 1 fully saturated rings. The number of nitrogens with zero attached hydrogens (tertiary/aromatic N) is 1. The van der Waals surface area contributed by atoms with Crippen molar-refractivity contribution < 1.29 is 9.53 Å². The van der Waals surface area contributed by atoms with Gasteiger partial charge in [-0.25, -0.2) is 0 Å². The highest BCUT2D eigenvalue weighted by Crippen LogP contribution is 2.31. The molecule has 0 bridgehead atoms. The Morgan fingerprint density at radius 2 is 2.17 bits per heavy atom. The predicted molar refractivity (Wildman–Crippen MR) is 42.8 cm³/mol. The zero-order valence-corrected chi connectivity index (χ0v) is 7.25. The third-order valence-electron chi connectivity index (χ3n) is 2.62. The minimum atomic E-state index is -0.371. The summed E-state index contributed by atoms with van der Waals surface area (Å²) in [5.41, 5.74) is 0. The highest BCUT2D eigenvalue weighted by molar-refractivity contribution is 5.73. The molecule has 0 heterocycles. The lowest BCUT2D eigenvalue weighted by molar-refractivity contribution is -0.142. The fourth-order valence-corrected chi connectivity index (χ4v) is 1.79. The molecule has 0 radical (unpaired) electrons. The minimum Gasteiger partial charge on any atom is -0.351 e. The standard InChI is InChI=1S/C9H13NO2/c1-7(9(11)12-6-10)8-4-2-3-5-8/h7-8H,2-5H2,1H3/t7-/m0/s1. The van der Waals surface area contributed by atoms with Crippen LogP contribution in [0.3, 0.4) is 0 Å². The number of ether oxygens (including phenoxy) is 1. The molecule has 0 aromatic heterocycles. The number of esters is 1. The van der Waals surface area contributed by atoms with Crippen LogP contribution in [0.2, 0.25) is 0 Å². The van der Waals surface area contributed by atoms with E-state index < -0.39 is 0 Å². The number of rotatable bonds is 2. The molecule has 0 saturated heterocycles. The van der Waals surface area contributed by atoms with E-state index in [0.29, 0.717) is 5.92 Å². The summed E-state index contributed by atoms with van der Waals surface area (Å²) in [5, 5.41) is 8.14. The van der Waals surface area contributed by atoms with Gasteiger partial charge in [0, 0.05) is 0 Å².